The van der Waals surface area contributed by atoms with E-state index in [4.69, 9.17) is 14.2 Å². The number of unbranched alkanes of at least 4 members (excludes halogenated alkanes) is 1. The molecule has 1 aromatic rings. The number of ketones is 1. The highest BCUT2D eigenvalue weighted by Crippen LogP contribution is 2.55. The number of fused-ring (bicyclic) bond motifs is 1. The van der Waals surface area contributed by atoms with Crippen molar-refractivity contribution in [3.63, 3.8) is 0 Å². The first kappa shape index (κ1) is 24.3. The summed E-state index contributed by atoms with van der Waals surface area (Å²) in [4.78, 5) is 26.2. The molecule has 5 nitrogen and oxygen atoms in total. The van der Waals surface area contributed by atoms with Crippen LogP contribution in [0.1, 0.15) is 75.1 Å². The minimum atomic E-state index is -0.496. The fourth-order valence-corrected chi connectivity index (χ4v) is 6.44. The lowest BCUT2D eigenvalue weighted by Crippen LogP contribution is -2.37. The fraction of sp³-hybridized carbons (Fsp3) is 0.600. The lowest BCUT2D eigenvalue weighted by atomic mass is 9.64. The van der Waals surface area contributed by atoms with Crippen molar-refractivity contribution in [2.45, 2.75) is 76.6 Å². The summed E-state index contributed by atoms with van der Waals surface area (Å²) in [5, 5.41) is 0. The second-order valence-corrected chi connectivity index (χ2v) is 10.7. The molecule has 0 aromatic heterocycles. The average molecular weight is 477 g/mol. The second-order valence-electron chi connectivity index (χ2n) is 10.7. The van der Waals surface area contributed by atoms with Crippen molar-refractivity contribution in [1.82, 2.24) is 0 Å². The highest BCUT2D eigenvalue weighted by molar-refractivity contribution is 5.95. The Hall–Kier alpha value is -2.42. The van der Waals surface area contributed by atoms with E-state index in [0.717, 1.165) is 51.4 Å². The van der Waals surface area contributed by atoms with Gasteiger partial charge in [-0.1, -0.05) is 37.6 Å². The van der Waals surface area contributed by atoms with Gasteiger partial charge in [-0.25, -0.2) is 4.79 Å². The number of esters is 1. The Balaban J connectivity index is 1.32. The summed E-state index contributed by atoms with van der Waals surface area (Å²) in [7, 11) is 0. The van der Waals surface area contributed by atoms with E-state index in [1.54, 1.807) is 18.2 Å². The Morgan fingerprint density at radius 1 is 1.11 bits per heavy atom. The molecule has 0 amide bonds. The molecule has 1 aromatic carbocycles. The maximum atomic E-state index is 13.3. The number of carbonyl (C=O) groups is 2. The Morgan fingerprint density at radius 3 is 2.57 bits per heavy atom. The maximum Gasteiger partial charge on any atom is 0.338 e. The smallest absolute Gasteiger partial charge is 0.338 e. The van der Waals surface area contributed by atoms with Crippen molar-refractivity contribution in [3.05, 3.63) is 48.0 Å². The van der Waals surface area contributed by atoms with Gasteiger partial charge in [-0.05, 0) is 55.7 Å². The van der Waals surface area contributed by atoms with Crippen LogP contribution < -0.4 is 0 Å². The predicted octanol–water partition coefficient (Wildman–Crippen LogP) is 5.49. The van der Waals surface area contributed by atoms with Crippen LogP contribution in [0, 0.1) is 35.0 Å². The van der Waals surface area contributed by atoms with Crippen LogP contribution in [0.3, 0.4) is 0 Å². The van der Waals surface area contributed by atoms with E-state index in [9.17, 15) is 9.59 Å². The monoisotopic (exact) mass is 476 g/mol. The number of hydrogen-bond acceptors (Lipinski definition) is 5. The first-order valence-electron chi connectivity index (χ1n) is 13.3. The Morgan fingerprint density at radius 2 is 1.89 bits per heavy atom. The molecular formula is C30H36O5. The summed E-state index contributed by atoms with van der Waals surface area (Å²) in [5.74, 6) is 6.43. The predicted molar refractivity (Wildman–Crippen MR) is 132 cm³/mol. The van der Waals surface area contributed by atoms with Crippen molar-refractivity contribution < 1.29 is 23.8 Å². The average Bonchev–Trinajstić information content (AvgIpc) is 3.52. The van der Waals surface area contributed by atoms with Crippen LogP contribution in [0.15, 0.2) is 42.5 Å². The quantitative estimate of drug-likeness (QED) is 0.296. The topological polar surface area (TPSA) is 61.8 Å². The van der Waals surface area contributed by atoms with Crippen LogP contribution in [-0.2, 0) is 19.0 Å². The fourth-order valence-electron chi connectivity index (χ4n) is 6.44. The summed E-state index contributed by atoms with van der Waals surface area (Å²) < 4.78 is 18.1. The van der Waals surface area contributed by atoms with E-state index in [0.29, 0.717) is 31.1 Å². The van der Waals surface area contributed by atoms with Gasteiger partial charge >= 0.3 is 5.97 Å². The van der Waals surface area contributed by atoms with Gasteiger partial charge in [-0.15, -0.1) is 11.8 Å². The van der Waals surface area contributed by atoms with Crippen LogP contribution in [-0.4, -0.2) is 36.9 Å². The van der Waals surface area contributed by atoms with Gasteiger partial charge in [0.15, 0.2) is 11.6 Å². The number of rotatable bonds is 7. The molecule has 0 N–H and O–H groups in total. The Kier molecular flexibility index (Phi) is 7.14. The molecule has 3 aliphatic carbocycles. The molecule has 0 unspecified atom stereocenters. The van der Waals surface area contributed by atoms with Crippen molar-refractivity contribution in [3.8, 4) is 11.8 Å². The SMILES string of the molecule is CCCC#CCC1(C(=O)C=C[C@@H]2[C@H]3CC4(C[C@H]3C[C@H]2OC(=O)c2ccccc2)OCCO4)CCC1. The Bertz CT molecular complexity index is 1010. The standard InChI is InChI=1S/C30H36O5/c1-2-3-4-8-14-29(15-9-16-29)27(31)13-12-24-25-21-30(33-17-18-34-30)20-23(25)19-26(24)35-28(32)22-10-6-5-7-11-22/h5-7,10-13,23-26H,2-3,9,14-21H2,1H3/t23-,24-,25+,26-/m1/s1. The molecule has 4 atom stereocenters. The van der Waals surface area contributed by atoms with Crippen molar-refractivity contribution in [2.24, 2.45) is 23.2 Å². The van der Waals surface area contributed by atoms with Gasteiger partial charge in [0, 0.05) is 37.0 Å². The lowest BCUT2D eigenvalue weighted by molar-refractivity contribution is -0.157. The molecule has 5 rings (SSSR count). The van der Waals surface area contributed by atoms with Gasteiger partial charge in [-0.2, -0.15) is 0 Å². The summed E-state index contributed by atoms with van der Waals surface area (Å²) in [5.41, 5.74) is 0.224. The molecule has 3 saturated carbocycles. The molecule has 0 radical (unpaired) electrons. The zero-order valence-corrected chi connectivity index (χ0v) is 20.7. The van der Waals surface area contributed by atoms with Gasteiger partial charge in [0.05, 0.1) is 18.8 Å². The number of benzene rings is 1. The van der Waals surface area contributed by atoms with Crippen molar-refractivity contribution >= 4 is 11.8 Å². The molecule has 35 heavy (non-hydrogen) atoms. The molecule has 0 bridgehead atoms. The molecule has 4 fully saturated rings. The first-order chi connectivity index (χ1) is 17.0. The van der Waals surface area contributed by atoms with Crippen molar-refractivity contribution in [1.29, 1.82) is 0 Å². The molecule has 1 spiro atoms. The van der Waals surface area contributed by atoms with E-state index in [2.05, 4.69) is 18.8 Å². The van der Waals surface area contributed by atoms with Gasteiger partial charge in [0.2, 0.25) is 0 Å². The first-order valence-corrected chi connectivity index (χ1v) is 13.3. The van der Waals surface area contributed by atoms with E-state index in [-0.39, 0.29) is 35.1 Å². The summed E-state index contributed by atoms with van der Waals surface area (Å²) in [6.45, 7) is 3.38. The summed E-state index contributed by atoms with van der Waals surface area (Å²) in [6, 6.07) is 9.13. The minimum Gasteiger partial charge on any atom is -0.458 e. The van der Waals surface area contributed by atoms with Gasteiger partial charge in [-0.3, -0.25) is 4.79 Å². The molecule has 1 aliphatic heterocycles. The molecule has 186 valence electrons. The van der Waals surface area contributed by atoms with Crippen LogP contribution in [0.5, 0.6) is 0 Å². The normalized spacial score (nSPS) is 30.0. The third kappa shape index (κ3) is 4.97. The van der Waals surface area contributed by atoms with E-state index >= 15 is 0 Å². The number of hydrogen-bond donors (Lipinski definition) is 0. The lowest BCUT2D eigenvalue weighted by Gasteiger charge is -2.38. The third-order valence-corrected chi connectivity index (χ3v) is 8.50. The van der Waals surface area contributed by atoms with E-state index in [1.807, 2.05) is 24.3 Å². The number of allylic oxidation sites excluding steroid dienone is 1. The molecule has 1 heterocycles. The summed E-state index contributed by atoms with van der Waals surface area (Å²) >= 11 is 0. The van der Waals surface area contributed by atoms with Crippen LogP contribution in [0.25, 0.3) is 0 Å². The molecule has 5 heteroatoms. The van der Waals surface area contributed by atoms with E-state index in [1.165, 1.54) is 0 Å². The maximum absolute atomic E-state index is 13.3. The zero-order valence-electron chi connectivity index (χ0n) is 20.7. The van der Waals surface area contributed by atoms with Gasteiger partial charge in [0.25, 0.3) is 0 Å². The number of carbonyl (C=O) groups excluding carboxylic acids is 2. The van der Waals surface area contributed by atoms with Crippen LogP contribution in [0.4, 0.5) is 0 Å². The highest BCUT2D eigenvalue weighted by atomic mass is 16.7. The van der Waals surface area contributed by atoms with Crippen LogP contribution >= 0.6 is 0 Å². The van der Waals surface area contributed by atoms with Gasteiger partial charge in [0.1, 0.15) is 6.10 Å². The molecule has 4 aliphatic rings. The van der Waals surface area contributed by atoms with Crippen LogP contribution in [0.2, 0.25) is 0 Å². The largest absolute Gasteiger partial charge is 0.458 e. The third-order valence-electron chi connectivity index (χ3n) is 8.50. The number of ether oxygens (including phenoxy) is 3. The second kappa shape index (κ2) is 10.3. The van der Waals surface area contributed by atoms with E-state index < -0.39 is 5.79 Å². The minimum absolute atomic E-state index is 0.0212. The molecular weight excluding hydrogens is 440 g/mol. The van der Waals surface area contributed by atoms with Crippen molar-refractivity contribution in [2.75, 3.05) is 13.2 Å². The highest BCUT2D eigenvalue weighted by Gasteiger charge is 2.57. The Labute approximate surface area is 208 Å². The molecule has 1 saturated heterocycles. The summed E-state index contributed by atoms with van der Waals surface area (Å²) in [6.07, 6.45) is 11.4. The zero-order chi connectivity index (χ0) is 24.3. The van der Waals surface area contributed by atoms with Gasteiger partial charge < -0.3 is 14.2 Å².